The van der Waals surface area contributed by atoms with E-state index in [1.165, 1.54) is 16.7 Å². The molecule has 4 nitrogen and oxygen atoms in total. The molecule has 0 fully saturated rings. The molecule has 0 aliphatic heterocycles. The van der Waals surface area contributed by atoms with E-state index in [0.717, 1.165) is 0 Å². The molecule has 0 radical (unpaired) electrons. The molecular weight excluding hydrogens is 268 g/mol. The molecule has 102 valence electrons. The van der Waals surface area contributed by atoms with Gasteiger partial charge in [-0.05, 0) is 0 Å². The Kier molecular flexibility index (Phi) is 18.1. The van der Waals surface area contributed by atoms with Crippen molar-refractivity contribution in [2.45, 2.75) is 34.6 Å². The summed E-state index contributed by atoms with van der Waals surface area (Å²) < 4.78 is 0. The fraction of sp³-hybridized carbons (Fsp3) is 0.462. The molecule has 1 aliphatic carbocycles. The van der Waals surface area contributed by atoms with Crippen LogP contribution in [0.2, 0.25) is 0 Å². The minimum absolute atomic E-state index is 0. The Hall–Kier alpha value is -0.866. The second kappa shape index (κ2) is 12.6. The van der Waals surface area contributed by atoms with Crippen molar-refractivity contribution >= 4 is 12.9 Å². The van der Waals surface area contributed by atoms with Crippen LogP contribution in [0.25, 0.3) is 0 Å². The molecule has 1 aliphatic rings. The summed E-state index contributed by atoms with van der Waals surface area (Å²) in [5.41, 5.74) is 4.39. The molecule has 0 aromatic heterocycles. The van der Waals surface area contributed by atoms with Crippen LogP contribution in [0.3, 0.4) is 0 Å². The predicted molar refractivity (Wildman–Crippen MR) is 68.4 cm³/mol. The SMILES string of the molecule is CC1=[C-]C(C)(C)C(C)=C1C.O=CO.O=CO.[CH3-].[Ti+2]. The first-order chi connectivity index (χ1) is 7.28. The number of rotatable bonds is 0. The summed E-state index contributed by atoms with van der Waals surface area (Å²) in [5, 5.41) is 13.8. The first-order valence-electron chi connectivity index (χ1n) is 4.74. The average Bonchev–Trinajstić information content (AvgIpc) is 2.32. The maximum absolute atomic E-state index is 8.36. The van der Waals surface area contributed by atoms with E-state index in [1.807, 2.05) is 0 Å². The van der Waals surface area contributed by atoms with Crippen molar-refractivity contribution in [3.05, 3.63) is 30.2 Å². The van der Waals surface area contributed by atoms with Crippen molar-refractivity contribution in [3.63, 3.8) is 0 Å². The van der Waals surface area contributed by atoms with E-state index in [1.54, 1.807) is 0 Å². The molecule has 0 saturated carbocycles. The van der Waals surface area contributed by atoms with E-state index < -0.39 is 0 Å². The Balaban J connectivity index is -0.000000106. The van der Waals surface area contributed by atoms with Gasteiger partial charge >= 0.3 is 21.7 Å². The summed E-state index contributed by atoms with van der Waals surface area (Å²) in [6.07, 6.45) is 3.44. The van der Waals surface area contributed by atoms with E-state index in [9.17, 15) is 0 Å². The van der Waals surface area contributed by atoms with Gasteiger partial charge in [-0.2, -0.15) is 11.1 Å². The molecular formula is C13H22O4Ti. The van der Waals surface area contributed by atoms with Gasteiger partial charge in [-0.15, -0.1) is 6.92 Å². The Morgan fingerprint density at radius 3 is 1.39 bits per heavy atom. The van der Waals surface area contributed by atoms with E-state index >= 15 is 0 Å². The summed E-state index contributed by atoms with van der Waals surface area (Å²) in [6.45, 7) is 10.4. The Morgan fingerprint density at radius 2 is 1.33 bits per heavy atom. The zero-order chi connectivity index (χ0) is 13.4. The second-order valence-electron chi connectivity index (χ2n) is 3.84. The molecule has 0 unspecified atom stereocenters. The van der Waals surface area contributed by atoms with E-state index in [0.29, 0.717) is 0 Å². The molecule has 0 spiro atoms. The molecule has 0 bridgehead atoms. The van der Waals surface area contributed by atoms with Crippen molar-refractivity contribution in [1.29, 1.82) is 0 Å². The van der Waals surface area contributed by atoms with Crippen LogP contribution in [-0.4, -0.2) is 23.2 Å². The standard InChI is InChI=1S/C10H15.2CH2O2.CH3.Ti/c1-7-6-10(4,5)9(3)8(7)2;2*2-1-3;;/h1-5H3;2*1H,(H,2,3);1H3;/q-1;;;-1;+2. The molecule has 0 amide bonds. The van der Waals surface area contributed by atoms with Crippen LogP contribution in [0, 0.1) is 18.9 Å². The number of carboxylic acid groups (broad SMARTS) is 2. The summed E-state index contributed by atoms with van der Waals surface area (Å²) in [6, 6.07) is 0. The number of carbonyl (C=O) groups is 2. The molecule has 1 rings (SSSR count). The monoisotopic (exact) mass is 290 g/mol. The second-order valence-corrected chi connectivity index (χ2v) is 3.84. The van der Waals surface area contributed by atoms with Gasteiger partial charge < -0.3 is 17.6 Å². The third-order valence-corrected chi connectivity index (χ3v) is 2.56. The van der Waals surface area contributed by atoms with Gasteiger partial charge in [-0.1, -0.05) is 33.1 Å². The van der Waals surface area contributed by atoms with E-state index in [-0.39, 0.29) is 47.5 Å². The number of allylic oxidation sites excluding steroid dienone is 4. The third kappa shape index (κ3) is 9.19. The minimum atomic E-state index is -0.250. The number of hydrogen-bond acceptors (Lipinski definition) is 2. The minimum Gasteiger partial charge on any atom is -0.483 e. The summed E-state index contributed by atoms with van der Waals surface area (Å²) in [4.78, 5) is 16.7. The van der Waals surface area contributed by atoms with Crippen LogP contribution in [0.1, 0.15) is 34.6 Å². The van der Waals surface area contributed by atoms with Crippen LogP contribution in [0.15, 0.2) is 16.7 Å². The van der Waals surface area contributed by atoms with Crippen molar-refractivity contribution < 1.29 is 41.5 Å². The van der Waals surface area contributed by atoms with Crippen LogP contribution in [0.4, 0.5) is 0 Å². The van der Waals surface area contributed by atoms with Gasteiger partial charge in [0.15, 0.2) is 0 Å². The molecule has 0 atom stereocenters. The van der Waals surface area contributed by atoms with Crippen molar-refractivity contribution in [2.24, 2.45) is 5.41 Å². The maximum Gasteiger partial charge on any atom is 2.00 e. The van der Waals surface area contributed by atoms with Gasteiger partial charge in [0.05, 0.1) is 0 Å². The zero-order valence-corrected chi connectivity index (χ0v) is 13.4. The van der Waals surface area contributed by atoms with Gasteiger partial charge in [-0.3, -0.25) is 15.7 Å². The molecule has 0 saturated heterocycles. The molecule has 0 heterocycles. The van der Waals surface area contributed by atoms with Gasteiger partial charge in [0.25, 0.3) is 12.9 Å². The summed E-state index contributed by atoms with van der Waals surface area (Å²) in [7, 11) is 0. The smallest absolute Gasteiger partial charge is 0.483 e. The zero-order valence-electron chi connectivity index (χ0n) is 11.9. The van der Waals surface area contributed by atoms with Gasteiger partial charge in [-0.25, -0.2) is 5.57 Å². The van der Waals surface area contributed by atoms with Gasteiger partial charge in [0.2, 0.25) is 0 Å². The van der Waals surface area contributed by atoms with Gasteiger partial charge in [0, 0.05) is 0 Å². The average molecular weight is 290 g/mol. The predicted octanol–water partition coefficient (Wildman–Crippen LogP) is 2.96. The van der Waals surface area contributed by atoms with Crippen molar-refractivity contribution in [3.8, 4) is 0 Å². The van der Waals surface area contributed by atoms with Crippen LogP contribution >= 0.6 is 0 Å². The molecule has 0 aromatic carbocycles. The fourth-order valence-electron chi connectivity index (χ4n) is 1.41. The summed E-state index contributed by atoms with van der Waals surface area (Å²) in [5.74, 6) is 0. The fourth-order valence-corrected chi connectivity index (χ4v) is 1.41. The Bertz CT molecular complexity index is 298. The van der Waals surface area contributed by atoms with Crippen molar-refractivity contribution in [2.75, 3.05) is 0 Å². The van der Waals surface area contributed by atoms with Crippen molar-refractivity contribution in [1.82, 2.24) is 0 Å². The molecule has 5 heteroatoms. The molecule has 0 aromatic rings. The topological polar surface area (TPSA) is 74.6 Å². The number of hydrogen-bond donors (Lipinski definition) is 2. The van der Waals surface area contributed by atoms with Crippen LogP contribution in [0.5, 0.6) is 0 Å². The van der Waals surface area contributed by atoms with Gasteiger partial charge in [0.1, 0.15) is 0 Å². The maximum atomic E-state index is 8.36. The first kappa shape index (κ1) is 25.9. The van der Waals surface area contributed by atoms with Crippen LogP contribution in [-0.2, 0) is 31.3 Å². The van der Waals surface area contributed by atoms with E-state index in [4.69, 9.17) is 19.8 Å². The van der Waals surface area contributed by atoms with E-state index in [2.05, 4.69) is 40.7 Å². The third-order valence-electron chi connectivity index (χ3n) is 2.56. The Morgan fingerprint density at radius 1 is 1.06 bits per heavy atom. The first-order valence-corrected chi connectivity index (χ1v) is 4.74. The molecule has 18 heavy (non-hydrogen) atoms. The Labute approximate surface area is 125 Å². The largest absolute Gasteiger partial charge is 2.00 e. The summed E-state index contributed by atoms with van der Waals surface area (Å²) >= 11 is 0. The quantitative estimate of drug-likeness (QED) is 0.408. The van der Waals surface area contributed by atoms with Crippen LogP contribution < -0.4 is 0 Å². The normalized spacial score (nSPS) is 14.4. The molecule has 2 N–H and O–H groups in total.